The summed E-state index contributed by atoms with van der Waals surface area (Å²) in [5.74, 6) is -1.65. The van der Waals surface area contributed by atoms with E-state index in [0.717, 1.165) is 17.5 Å². The molecule has 2 aromatic rings. The lowest BCUT2D eigenvalue weighted by molar-refractivity contribution is -0.153. The number of carbonyl (C=O) groups excluding carboxylic acids is 4. The fourth-order valence-corrected chi connectivity index (χ4v) is 4.36. The molecular weight excluding hydrogens is 422 g/mol. The molecule has 33 heavy (non-hydrogen) atoms. The van der Waals surface area contributed by atoms with Crippen molar-refractivity contribution in [1.29, 1.82) is 0 Å². The van der Waals surface area contributed by atoms with Gasteiger partial charge in [-0.3, -0.25) is 14.4 Å². The zero-order valence-electron chi connectivity index (χ0n) is 18.2. The minimum absolute atomic E-state index is 0.128. The van der Waals surface area contributed by atoms with Crippen molar-refractivity contribution < 1.29 is 23.9 Å². The molecule has 2 N–H and O–H groups in total. The Morgan fingerprint density at radius 1 is 1.00 bits per heavy atom. The predicted octanol–water partition coefficient (Wildman–Crippen LogP) is 1.71. The summed E-state index contributed by atoms with van der Waals surface area (Å²) in [5.41, 5.74) is 1.80. The Kier molecular flexibility index (Phi) is 7.02. The third-order valence-corrected chi connectivity index (χ3v) is 6.04. The Balaban J connectivity index is 1.36. The number of nitrogens with one attached hydrogen (secondary N) is 2. The van der Waals surface area contributed by atoms with Crippen LogP contribution in [-0.2, 0) is 23.9 Å². The third kappa shape index (κ3) is 5.39. The van der Waals surface area contributed by atoms with Crippen molar-refractivity contribution in [3.8, 4) is 0 Å². The SMILES string of the molecule is O=C(COC(=O)[C@@H]1CCC(=O)N2CCC[C@H]2C(=O)N1)NC(c1ccccc1)c1ccccc1. The Bertz CT molecular complexity index is 972. The van der Waals surface area contributed by atoms with Crippen molar-refractivity contribution in [1.82, 2.24) is 15.5 Å². The molecule has 0 saturated carbocycles. The molecule has 172 valence electrons. The van der Waals surface area contributed by atoms with E-state index in [2.05, 4.69) is 10.6 Å². The lowest BCUT2D eigenvalue weighted by Crippen LogP contribution is -2.54. The maximum absolute atomic E-state index is 12.6. The smallest absolute Gasteiger partial charge is 0.329 e. The minimum atomic E-state index is -0.948. The van der Waals surface area contributed by atoms with Gasteiger partial charge >= 0.3 is 5.97 Å². The molecule has 0 bridgehead atoms. The molecule has 2 atom stereocenters. The number of esters is 1. The molecule has 0 aromatic heterocycles. The highest BCUT2D eigenvalue weighted by Crippen LogP contribution is 2.23. The van der Waals surface area contributed by atoms with Gasteiger partial charge in [-0.1, -0.05) is 60.7 Å². The highest BCUT2D eigenvalue weighted by molar-refractivity contribution is 5.93. The largest absolute Gasteiger partial charge is 0.454 e. The topological polar surface area (TPSA) is 105 Å². The van der Waals surface area contributed by atoms with Gasteiger partial charge in [0.1, 0.15) is 12.1 Å². The molecule has 2 heterocycles. The van der Waals surface area contributed by atoms with E-state index in [1.165, 1.54) is 0 Å². The zero-order chi connectivity index (χ0) is 23.2. The van der Waals surface area contributed by atoms with Gasteiger partial charge in [-0.05, 0) is 30.4 Å². The summed E-state index contributed by atoms with van der Waals surface area (Å²) in [6, 6.07) is 17.1. The number of rotatable bonds is 6. The van der Waals surface area contributed by atoms with Gasteiger partial charge in [-0.2, -0.15) is 0 Å². The molecule has 0 aliphatic carbocycles. The van der Waals surface area contributed by atoms with Crippen molar-refractivity contribution in [3.05, 3.63) is 71.8 Å². The molecule has 0 radical (unpaired) electrons. The van der Waals surface area contributed by atoms with Crippen LogP contribution in [0.5, 0.6) is 0 Å². The van der Waals surface area contributed by atoms with Crippen LogP contribution in [0.2, 0.25) is 0 Å². The molecule has 2 aliphatic rings. The van der Waals surface area contributed by atoms with Crippen LogP contribution in [0.3, 0.4) is 0 Å². The minimum Gasteiger partial charge on any atom is -0.454 e. The monoisotopic (exact) mass is 449 g/mol. The molecule has 2 aromatic carbocycles. The van der Waals surface area contributed by atoms with Crippen molar-refractivity contribution in [2.75, 3.05) is 13.2 Å². The number of fused-ring (bicyclic) bond motifs is 1. The number of amides is 3. The maximum atomic E-state index is 12.6. The van der Waals surface area contributed by atoms with E-state index < -0.39 is 36.6 Å². The second-order valence-electron chi connectivity index (χ2n) is 8.27. The van der Waals surface area contributed by atoms with Crippen molar-refractivity contribution >= 4 is 23.7 Å². The molecular formula is C25H27N3O5. The van der Waals surface area contributed by atoms with Crippen molar-refractivity contribution in [2.45, 2.75) is 43.8 Å². The first-order valence-electron chi connectivity index (χ1n) is 11.2. The molecule has 2 fully saturated rings. The second-order valence-corrected chi connectivity index (χ2v) is 8.27. The number of ether oxygens (including phenoxy) is 1. The van der Waals surface area contributed by atoms with Crippen LogP contribution in [0.4, 0.5) is 0 Å². The summed E-state index contributed by atoms with van der Waals surface area (Å²) >= 11 is 0. The van der Waals surface area contributed by atoms with Crippen molar-refractivity contribution in [3.63, 3.8) is 0 Å². The fraction of sp³-hybridized carbons (Fsp3) is 0.360. The molecule has 0 spiro atoms. The molecule has 8 heteroatoms. The average Bonchev–Trinajstić information content (AvgIpc) is 3.33. The van der Waals surface area contributed by atoms with Gasteiger partial charge in [0.25, 0.3) is 5.91 Å². The van der Waals surface area contributed by atoms with Crippen LogP contribution in [-0.4, -0.2) is 53.8 Å². The maximum Gasteiger partial charge on any atom is 0.329 e. The van der Waals surface area contributed by atoms with Crippen LogP contribution >= 0.6 is 0 Å². The number of hydrogen-bond acceptors (Lipinski definition) is 5. The third-order valence-electron chi connectivity index (χ3n) is 6.04. The van der Waals surface area contributed by atoms with Gasteiger partial charge in [-0.15, -0.1) is 0 Å². The zero-order valence-corrected chi connectivity index (χ0v) is 18.2. The Morgan fingerprint density at radius 2 is 1.64 bits per heavy atom. The number of nitrogens with zero attached hydrogens (tertiary/aromatic N) is 1. The Morgan fingerprint density at radius 3 is 2.27 bits per heavy atom. The van der Waals surface area contributed by atoms with Gasteiger partial charge in [0.05, 0.1) is 6.04 Å². The standard InChI is InChI=1S/C25H27N3O5/c29-21(27-23(17-8-3-1-4-9-17)18-10-5-2-6-11-18)16-33-25(32)19-13-14-22(30)28-15-7-12-20(28)24(31)26-19/h1-6,8-11,19-20,23H,7,12-16H2,(H,26,31)(H,27,29)/t19-,20-/m0/s1. The number of hydrogen-bond donors (Lipinski definition) is 2. The lowest BCUT2D eigenvalue weighted by Gasteiger charge is -2.29. The normalized spacial score (nSPS) is 20.5. The van der Waals surface area contributed by atoms with Gasteiger partial charge in [0, 0.05) is 13.0 Å². The van der Waals surface area contributed by atoms with Gasteiger partial charge in [-0.25, -0.2) is 4.79 Å². The first kappa shape index (κ1) is 22.5. The van der Waals surface area contributed by atoms with E-state index in [4.69, 9.17) is 4.74 Å². The lowest BCUT2D eigenvalue weighted by atomic mass is 9.99. The molecule has 2 saturated heterocycles. The second kappa shape index (κ2) is 10.3. The van der Waals surface area contributed by atoms with Gasteiger partial charge in [0.15, 0.2) is 6.61 Å². The van der Waals surface area contributed by atoms with E-state index in [0.29, 0.717) is 13.0 Å². The summed E-state index contributed by atoms with van der Waals surface area (Å²) in [5, 5.41) is 5.60. The quantitative estimate of drug-likeness (QED) is 0.654. The van der Waals surface area contributed by atoms with E-state index in [9.17, 15) is 19.2 Å². The van der Waals surface area contributed by atoms with E-state index >= 15 is 0 Å². The predicted molar refractivity (Wildman–Crippen MR) is 120 cm³/mol. The van der Waals surface area contributed by atoms with E-state index in [1.54, 1.807) is 4.90 Å². The first-order chi connectivity index (χ1) is 16.0. The first-order valence-corrected chi connectivity index (χ1v) is 11.2. The molecule has 4 rings (SSSR count). The van der Waals surface area contributed by atoms with Crippen LogP contribution in [0.15, 0.2) is 60.7 Å². The van der Waals surface area contributed by atoms with Gasteiger partial charge in [0.2, 0.25) is 11.8 Å². The highest BCUT2D eigenvalue weighted by Gasteiger charge is 2.38. The highest BCUT2D eigenvalue weighted by atomic mass is 16.5. The molecule has 8 nitrogen and oxygen atoms in total. The van der Waals surface area contributed by atoms with Crippen LogP contribution in [0.25, 0.3) is 0 Å². The molecule has 2 aliphatic heterocycles. The number of benzene rings is 2. The van der Waals surface area contributed by atoms with E-state index in [1.807, 2.05) is 60.7 Å². The van der Waals surface area contributed by atoms with Crippen LogP contribution in [0.1, 0.15) is 42.9 Å². The molecule has 0 unspecified atom stereocenters. The van der Waals surface area contributed by atoms with Gasteiger partial charge < -0.3 is 20.3 Å². The number of carbonyl (C=O) groups is 4. The summed E-state index contributed by atoms with van der Waals surface area (Å²) in [7, 11) is 0. The van der Waals surface area contributed by atoms with Crippen molar-refractivity contribution in [2.24, 2.45) is 0 Å². The van der Waals surface area contributed by atoms with E-state index in [-0.39, 0.29) is 24.7 Å². The summed E-state index contributed by atoms with van der Waals surface area (Å²) in [6.45, 7) is 0.0844. The van der Waals surface area contributed by atoms with Crippen LogP contribution < -0.4 is 10.6 Å². The summed E-state index contributed by atoms with van der Waals surface area (Å²) in [4.78, 5) is 51.7. The summed E-state index contributed by atoms with van der Waals surface area (Å²) < 4.78 is 5.22. The Hall–Kier alpha value is -3.68. The summed E-state index contributed by atoms with van der Waals surface area (Å²) in [6.07, 6.45) is 1.64. The fourth-order valence-electron chi connectivity index (χ4n) is 4.36. The van der Waals surface area contributed by atoms with Crippen LogP contribution in [0, 0.1) is 0 Å². The Labute approximate surface area is 192 Å². The average molecular weight is 450 g/mol. The molecule has 3 amide bonds.